The SMILES string of the molecule is CC(OCCO)OCCO. The van der Waals surface area contributed by atoms with E-state index in [0.29, 0.717) is 0 Å². The summed E-state index contributed by atoms with van der Waals surface area (Å²) in [5.74, 6) is 0. The predicted molar refractivity (Wildman–Crippen MR) is 35.5 cm³/mol. The van der Waals surface area contributed by atoms with Crippen molar-refractivity contribution in [2.45, 2.75) is 13.2 Å². The number of hydrogen-bond acceptors (Lipinski definition) is 4. The third kappa shape index (κ3) is 5.97. The Hall–Kier alpha value is -0.160. The van der Waals surface area contributed by atoms with Gasteiger partial charge in [0.05, 0.1) is 26.4 Å². The average molecular weight is 150 g/mol. The Balaban J connectivity index is 3.00. The molecule has 4 heteroatoms. The van der Waals surface area contributed by atoms with Crippen molar-refractivity contribution in [1.29, 1.82) is 0 Å². The van der Waals surface area contributed by atoms with Crippen LogP contribution in [0.15, 0.2) is 0 Å². The summed E-state index contributed by atoms with van der Waals surface area (Å²) in [4.78, 5) is 0. The highest BCUT2D eigenvalue weighted by atomic mass is 16.7. The summed E-state index contributed by atoms with van der Waals surface area (Å²) in [6.07, 6.45) is -0.348. The van der Waals surface area contributed by atoms with E-state index in [1.54, 1.807) is 6.92 Å². The van der Waals surface area contributed by atoms with Gasteiger partial charge >= 0.3 is 0 Å². The molecule has 0 atom stereocenters. The van der Waals surface area contributed by atoms with Gasteiger partial charge in [-0.2, -0.15) is 0 Å². The highest BCUT2D eigenvalue weighted by Crippen LogP contribution is 1.91. The maximum atomic E-state index is 8.31. The molecule has 0 fully saturated rings. The van der Waals surface area contributed by atoms with Crippen LogP contribution >= 0.6 is 0 Å². The third-order valence-corrected chi connectivity index (χ3v) is 0.888. The van der Waals surface area contributed by atoms with Crippen molar-refractivity contribution in [2.24, 2.45) is 0 Å². The van der Waals surface area contributed by atoms with Crippen molar-refractivity contribution < 1.29 is 19.7 Å². The normalized spacial score (nSPS) is 10.8. The molecule has 0 saturated heterocycles. The van der Waals surface area contributed by atoms with Gasteiger partial charge < -0.3 is 19.7 Å². The first kappa shape index (κ1) is 9.84. The first-order valence-corrected chi connectivity index (χ1v) is 3.26. The number of ether oxygens (including phenoxy) is 2. The van der Waals surface area contributed by atoms with Crippen LogP contribution in [0.1, 0.15) is 6.92 Å². The number of aliphatic hydroxyl groups excluding tert-OH is 2. The number of rotatable bonds is 6. The summed E-state index contributed by atoms with van der Waals surface area (Å²) >= 11 is 0. The summed E-state index contributed by atoms with van der Waals surface area (Å²) < 4.78 is 9.82. The zero-order chi connectivity index (χ0) is 7.82. The van der Waals surface area contributed by atoms with E-state index in [1.165, 1.54) is 0 Å². The molecule has 2 N–H and O–H groups in total. The third-order valence-electron chi connectivity index (χ3n) is 0.888. The van der Waals surface area contributed by atoms with Crippen LogP contribution in [-0.4, -0.2) is 42.9 Å². The van der Waals surface area contributed by atoms with Gasteiger partial charge in [0, 0.05) is 0 Å². The van der Waals surface area contributed by atoms with Gasteiger partial charge in [0.15, 0.2) is 6.29 Å². The minimum absolute atomic E-state index is 0.00712. The van der Waals surface area contributed by atoms with E-state index in [0.717, 1.165) is 0 Å². The fraction of sp³-hybridized carbons (Fsp3) is 1.00. The fourth-order valence-electron chi connectivity index (χ4n) is 0.485. The van der Waals surface area contributed by atoms with Crippen molar-refractivity contribution in [3.8, 4) is 0 Å². The summed E-state index contributed by atoms with van der Waals surface area (Å²) in [6.45, 7) is 2.24. The van der Waals surface area contributed by atoms with E-state index >= 15 is 0 Å². The van der Waals surface area contributed by atoms with Crippen LogP contribution in [-0.2, 0) is 9.47 Å². The molecule has 0 bridgehead atoms. The molecule has 0 amide bonds. The fourth-order valence-corrected chi connectivity index (χ4v) is 0.485. The zero-order valence-corrected chi connectivity index (χ0v) is 6.12. The molecule has 0 rings (SSSR count). The summed E-state index contributed by atoms with van der Waals surface area (Å²) in [6, 6.07) is 0. The van der Waals surface area contributed by atoms with E-state index in [4.69, 9.17) is 19.7 Å². The Morgan fingerprint density at radius 3 is 1.80 bits per heavy atom. The monoisotopic (exact) mass is 150 g/mol. The van der Waals surface area contributed by atoms with Gasteiger partial charge in [-0.3, -0.25) is 0 Å². The lowest BCUT2D eigenvalue weighted by molar-refractivity contribution is -0.140. The van der Waals surface area contributed by atoms with Crippen molar-refractivity contribution in [3.63, 3.8) is 0 Å². The van der Waals surface area contributed by atoms with Crippen molar-refractivity contribution in [2.75, 3.05) is 26.4 Å². The molecule has 0 aliphatic carbocycles. The van der Waals surface area contributed by atoms with Crippen molar-refractivity contribution in [3.05, 3.63) is 0 Å². The van der Waals surface area contributed by atoms with Gasteiger partial charge in [-0.05, 0) is 6.92 Å². The first-order valence-electron chi connectivity index (χ1n) is 3.26. The molecular formula is C6H14O4. The summed E-state index contributed by atoms with van der Waals surface area (Å²) in [5, 5.41) is 16.6. The zero-order valence-electron chi connectivity index (χ0n) is 6.12. The molecule has 0 spiro atoms. The Kier molecular flexibility index (Phi) is 6.84. The largest absolute Gasteiger partial charge is 0.394 e. The van der Waals surface area contributed by atoms with E-state index < -0.39 is 0 Å². The van der Waals surface area contributed by atoms with Crippen LogP contribution in [0.25, 0.3) is 0 Å². The van der Waals surface area contributed by atoms with E-state index in [2.05, 4.69) is 0 Å². The van der Waals surface area contributed by atoms with Crippen LogP contribution in [0.4, 0.5) is 0 Å². The average Bonchev–Trinajstić information content (AvgIpc) is 1.97. The molecule has 0 unspecified atom stereocenters. The maximum absolute atomic E-state index is 8.31. The van der Waals surface area contributed by atoms with Crippen molar-refractivity contribution >= 4 is 0 Å². The molecule has 0 aliphatic heterocycles. The summed E-state index contributed by atoms with van der Waals surface area (Å²) in [7, 11) is 0. The smallest absolute Gasteiger partial charge is 0.155 e. The summed E-state index contributed by atoms with van der Waals surface area (Å²) in [5.41, 5.74) is 0. The lowest BCUT2D eigenvalue weighted by atomic mass is 10.7. The van der Waals surface area contributed by atoms with Gasteiger partial charge in [-0.25, -0.2) is 0 Å². The molecule has 0 radical (unpaired) electrons. The Morgan fingerprint density at radius 2 is 1.50 bits per heavy atom. The molecule has 10 heavy (non-hydrogen) atoms. The van der Waals surface area contributed by atoms with Crippen LogP contribution in [0.2, 0.25) is 0 Å². The molecule has 0 aliphatic rings. The van der Waals surface area contributed by atoms with Gasteiger partial charge in [0.1, 0.15) is 0 Å². The lowest BCUT2D eigenvalue weighted by Gasteiger charge is -2.11. The van der Waals surface area contributed by atoms with Crippen molar-refractivity contribution in [1.82, 2.24) is 0 Å². The van der Waals surface area contributed by atoms with Crippen LogP contribution in [0.5, 0.6) is 0 Å². The lowest BCUT2D eigenvalue weighted by Crippen LogP contribution is -2.17. The number of hydrogen-bond donors (Lipinski definition) is 2. The van der Waals surface area contributed by atoms with E-state index in [9.17, 15) is 0 Å². The van der Waals surface area contributed by atoms with Crippen LogP contribution < -0.4 is 0 Å². The van der Waals surface area contributed by atoms with E-state index in [1.807, 2.05) is 0 Å². The second-order valence-corrected chi connectivity index (χ2v) is 1.76. The Bertz CT molecular complexity index is 58.8. The highest BCUT2D eigenvalue weighted by molar-refractivity contribution is 4.32. The van der Waals surface area contributed by atoms with Gasteiger partial charge in [0.2, 0.25) is 0 Å². The second-order valence-electron chi connectivity index (χ2n) is 1.76. The predicted octanol–water partition coefficient (Wildman–Crippen LogP) is -0.650. The quantitative estimate of drug-likeness (QED) is 0.494. The molecule has 0 saturated carbocycles. The number of aliphatic hydroxyl groups is 2. The molecule has 62 valence electrons. The van der Waals surface area contributed by atoms with E-state index in [-0.39, 0.29) is 32.7 Å². The highest BCUT2D eigenvalue weighted by Gasteiger charge is 1.98. The molecule has 0 aromatic carbocycles. The van der Waals surface area contributed by atoms with Crippen LogP contribution in [0.3, 0.4) is 0 Å². The molecular weight excluding hydrogens is 136 g/mol. The van der Waals surface area contributed by atoms with Gasteiger partial charge in [-0.1, -0.05) is 0 Å². The standard InChI is InChI=1S/C6H14O4/c1-6(9-4-2-7)10-5-3-8/h6-8H,2-5H2,1H3. The topological polar surface area (TPSA) is 58.9 Å². The molecule has 0 aromatic rings. The first-order chi connectivity index (χ1) is 4.81. The molecule has 4 nitrogen and oxygen atoms in total. The Morgan fingerprint density at radius 1 is 1.10 bits per heavy atom. The molecule has 0 aromatic heterocycles. The minimum Gasteiger partial charge on any atom is -0.394 e. The van der Waals surface area contributed by atoms with Crippen LogP contribution in [0, 0.1) is 0 Å². The minimum atomic E-state index is -0.348. The molecule has 0 heterocycles. The second kappa shape index (κ2) is 6.95. The van der Waals surface area contributed by atoms with Gasteiger partial charge in [-0.15, -0.1) is 0 Å². The van der Waals surface area contributed by atoms with Gasteiger partial charge in [0.25, 0.3) is 0 Å². The Labute approximate surface area is 60.4 Å². The maximum Gasteiger partial charge on any atom is 0.155 e.